The Kier molecular flexibility index (Phi) is 5.53. The predicted molar refractivity (Wildman–Crippen MR) is 126 cm³/mol. The summed E-state index contributed by atoms with van der Waals surface area (Å²) in [5.74, 6) is 0. The normalized spacial score (nSPS) is 11.9. The maximum absolute atomic E-state index is 4.59. The van der Waals surface area contributed by atoms with Crippen LogP contribution in [-0.2, 0) is 0 Å². The van der Waals surface area contributed by atoms with Crippen LogP contribution in [0.4, 0.5) is 11.4 Å². The fraction of sp³-hybridized carbons (Fsp3) is 0.0741. The highest BCUT2D eigenvalue weighted by Crippen LogP contribution is 2.23. The summed E-state index contributed by atoms with van der Waals surface area (Å²) >= 11 is 0. The highest BCUT2D eigenvalue weighted by atomic mass is 14.9. The molecule has 0 aliphatic rings. The molecule has 4 aromatic carbocycles. The van der Waals surface area contributed by atoms with Gasteiger partial charge in [0, 0.05) is 17.6 Å². The van der Waals surface area contributed by atoms with Gasteiger partial charge < -0.3 is 5.32 Å². The molecule has 0 spiro atoms. The second kappa shape index (κ2) is 8.57. The summed E-state index contributed by atoms with van der Waals surface area (Å²) in [6.45, 7) is 4.18. The van der Waals surface area contributed by atoms with E-state index in [1.165, 1.54) is 21.9 Å². The van der Waals surface area contributed by atoms with Gasteiger partial charge in [-0.1, -0.05) is 71.8 Å². The number of benzene rings is 4. The summed E-state index contributed by atoms with van der Waals surface area (Å²) in [6, 6.07) is 31.6. The molecule has 0 heterocycles. The van der Waals surface area contributed by atoms with E-state index in [0.717, 1.165) is 22.6 Å². The highest BCUT2D eigenvalue weighted by Gasteiger charge is 2.04. The van der Waals surface area contributed by atoms with E-state index in [1.807, 2.05) is 24.4 Å². The number of aliphatic imine (C=N–C) groups is 1. The van der Waals surface area contributed by atoms with Gasteiger partial charge in [0.1, 0.15) is 0 Å². The molecule has 0 atom stereocenters. The Morgan fingerprint density at radius 3 is 2.10 bits per heavy atom. The summed E-state index contributed by atoms with van der Waals surface area (Å²) in [7, 11) is 0. The van der Waals surface area contributed by atoms with Crippen molar-refractivity contribution in [2.45, 2.75) is 13.8 Å². The molecule has 0 saturated heterocycles. The predicted octanol–water partition coefficient (Wildman–Crippen LogP) is 7.31. The van der Waals surface area contributed by atoms with E-state index in [2.05, 4.69) is 103 Å². The molecule has 0 amide bonds. The van der Waals surface area contributed by atoms with E-state index in [4.69, 9.17) is 0 Å². The largest absolute Gasteiger partial charge is 0.355 e. The Labute approximate surface area is 172 Å². The summed E-state index contributed by atoms with van der Waals surface area (Å²) < 4.78 is 0. The Bertz CT molecular complexity index is 1170. The van der Waals surface area contributed by atoms with E-state index in [0.29, 0.717) is 0 Å². The van der Waals surface area contributed by atoms with Crippen LogP contribution in [0, 0.1) is 13.8 Å². The molecule has 29 heavy (non-hydrogen) atoms. The molecule has 2 nitrogen and oxygen atoms in total. The first-order valence-corrected chi connectivity index (χ1v) is 9.81. The third-order valence-corrected chi connectivity index (χ3v) is 4.89. The highest BCUT2D eigenvalue weighted by molar-refractivity contribution is 5.93. The molecule has 0 radical (unpaired) electrons. The fourth-order valence-electron chi connectivity index (χ4n) is 3.19. The van der Waals surface area contributed by atoms with E-state index in [-0.39, 0.29) is 0 Å². The molecule has 0 unspecified atom stereocenters. The van der Waals surface area contributed by atoms with Crippen molar-refractivity contribution in [3.05, 3.63) is 114 Å². The van der Waals surface area contributed by atoms with Crippen LogP contribution in [0.15, 0.2) is 102 Å². The number of fused-ring (bicyclic) bond motifs is 1. The third-order valence-electron chi connectivity index (χ3n) is 4.89. The average molecular weight is 377 g/mol. The average Bonchev–Trinajstić information content (AvgIpc) is 2.75. The smallest absolute Gasteiger partial charge is 0.0629 e. The SMILES string of the molecule is Cc1ccc(N=C/C=C(\Nc2ccc(C)cc2)c2ccc3ccccc3c2)cc1. The van der Waals surface area contributed by atoms with Crippen molar-refractivity contribution >= 4 is 34.1 Å². The molecule has 4 aromatic rings. The third kappa shape index (κ3) is 4.80. The van der Waals surface area contributed by atoms with Crippen molar-refractivity contribution in [1.29, 1.82) is 0 Å². The molecule has 0 saturated carbocycles. The number of rotatable bonds is 5. The zero-order chi connectivity index (χ0) is 20.1. The monoisotopic (exact) mass is 376 g/mol. The number of nitrogens with zero attached hydrogens (tertiary/aromatic N) is 1. The van der Waals surface area contributed by atoms with E-state index in [1.54, 1.807) is 0 Å². The zero-order valence-corrected chi connectivity index (χ0v) is 16.8. The van der Waals surface area contributed by atoms with Crippen molar-refractivity contribution in [1.82, 2.24) is 0 Å². The van der Waals surface area contributed by atoms with Gasteiger partial charge in [-0.2, -0.15) is 0 Å². The van der Waals surface area contributed by atoms with Gasteiger partial charge in [-0.05, 0) is 66.6 Å². The van der Waals surface area contributed by atoms with Crippen LogP contribution < -0.4 is 5.32 Å². The second-order valence-electron chi connectivity index (χ2n) is 7.25. The van der Waals surface area contributed by atoms with E-state index in [9.17, 15) is 0 Å². The standard InChI is InChI=1S/C27H24N2/c1-20-7-13-25(14-8-20)28-18-17-27(29-26-15-9-21(2)10-16-26)24-12-11-22-5-3-4-6-23(22)19-24/h3-19,29H,1-2H3/b27-17-,28-18?. The Hall–Kier alpha value is -3.65. The van der Waals surface area contributed by atoms with Crippen molar-refractivity contribution in [2.24, 2.45) is 4.99 Å². The van der Waals surface area contributed by atoms with Crippen LogP contribution in [0.2, 0.25) is 0 Å². The quantitative estimate of drug-likeness (QED) is 0.363. The molecule has 142 valence electrons. The Balaban J connectivity index is 1.68. The van der Waals surface area contributed by atoms with Crippen LogP contribution in [0.25, 0.3) is 16.5 Å². The van der Waals surface area contributed by atoms with Crippen molar-refractivity contribution in [3.63, 3.8) is 0 Å². The molecular formula is C27H24N2. The maximum Gasteiger partial charge on any atom is 0.0629 e. The molecule has 0 aromatic heterocycles. The summed E-state index contributed by atoms with van der Waals surface area (Å²) in [5, 5.41) is 6.01. The molecular weight excluding hydrogens is 352 g/mol. The van der Waals surface area contributed by atoms with Gasteiger partial charge in [-0.15, -0.1) is 0 Å². The van der Waals surface area contributed by atoms with Gasteiger partial charge >= 0.3 is 0 Å². The number of anilines is 1. The maximum atomic E-state index is 4.59. The first-order valence-electron chi connectivity index (χ1n) is 9.81. The van der Waals surface area contributed by atoms with Crippen molar-refractivity contribution in [2.75, 3.05) is 5.32 Å². The molecule has 0 fully saturated rings. The molecule has 0 aliphatic carbocycles. The lowest BCUT2D eigenvalue weighted by Gasteiger charge is -2.12. The van der Waals surface area contributed by atoms with Crippen LogP contribution in [0.3, 0.4) is 0 Å². The second-order valence-corrected chi connectivity index (χ2v) is 7.25. The number of aryl methyl sites for hydroxylation is 2. The molecule has 0 aliphatic heterocycles. The van der Waals surface area contributed by atoms with Crippen LogP contribution in [0.5, 0.6) is 0 Å². The van der Waals surface area contributed by atoms with Crippen molar-refractivity contribution in [3.8, 4) is 0 Å². The van der Waals surface area contributed by atoms with E-state index >= 15 is 0 Å². The number of hydrogen-bond donors (Lipinski definition) is 1. The van der Waals surface area contributed by atoms with Crippen molar-refractivity contribution < 1.29 is 0 Å². The lowest BCUT2D eigenvalue weighted by Crippen LogP contribution is -1.99. The van der Waals surface area contributed by atoms with Gasteiger partial charge in [-0.3, -0.25) is 4.99 Å². The molecule has 2 heteroatoms. The summed E-state index contributed by atoms with van der Waals surface area (Å²) in [4.78, 5) is 4.59. The minimum atomic E-state index is 0.944. The van der Waals surface area contributed by atoms with Gasteiger partial charge in [0.2, 0.25) is 0 Å². The number of allylic oxidation sites excluding steroid dienone is 1. The van der Waals surface area contributed by atoms with Gasteiger partial charge in [0.15, 0.2) is 0 Å². The summed E-state index contributed by atoms with van der Waals surface area (Å²) in [5.41, 5.74) is 6.61. The fourth-order valence-corrected chi connectivity index (χ4v) is 3.19. The first kappa shape index (κ1) is 18.7. The topological polar surface area (TPSA) is 24.4 Å². The van der Waals surface area contributed by atoms with Gasteiger partial charge in [-0.25, -0.2) is 0 Å². The summed E-state index contributed by atoms with van der Waals surface area (Å²) in [6.07, 6.45) is 3.89. The Morgan fingerprint density at radius 2 is 1.38 bits per heavy atom. The molecule has 4 rings (SSSR count). The lowest BCUT2D eigenvalue weighted by molar-refractivity contribution is 1.44. The molecule has 1 N–H and O–H groups in total. The minimum Gasteiger partial charge on any atom is -0.355 e. The van der Waals surface area contributed by atoms with E-state index < -0.39 is 0 Å². The van der Waals surface area contributed by atoms with Gasteiger partial charge in [0.25, 0.3) is 0 Å². The van der Waals surface area contributed by atoms with Gasteiger partial charge in [0.05, 0.1) is 5.69 Å². The zero-order valence-electron chi connectivity index (χ0n) is 16.8. The number of hydrogen-bond acceptors (Lipinski definition) is 2. The Morgan fingerprint density at radius 1 is 0.724 bits per heavy atom. The van der Waals surface area contributed by atoms with Crippen LogP contribution >= 0.6 is 0 Å². The first-order chi connectivity index (χ1) is 14.2. The lowest BCUT2D eigenvalue weighted by atomic mass is 10.0. The number of nitrogens with one attached hydrogen (secondary N) is 1. The molecule has 0 bridgehead atoms. The minimum absolute atomic E-state index is 0.944. The van der Waals surface area contributed by atoms with Crippen LogP contribution in [0.1, 0.15) is 16.7 Å². The van der Waals surface area contributed by atoms with Crippen LogP contribution in [-0.4, -0.2) is 6.21 Å².